The van der Waals surface area contributed by atoms with E-state index in [2.05, 4.69) is 5.32 Å². The third-order valence-corrected chi connectivity index (χ3v) is 6.70. The summed E-state index contributed by atoms with van der Waals surface area (Å²) in [5.41, 5.74) is 0.834. The van der Waals surface area contributed by atoms with Crippen molar-refractivity contribution in [2.24, 2.45) is 0 Å². The highest BCUT2D eigenvalue weighted by molar-refractivity contribution is 5.97. The normalized spacial score (nSPS) is 11.5. The SMILES string of the molecule is CCOC(=O)COc1ccc(CC(NC(=O)CN(C(=O)c2cccc(OCC(=O)OCc3ccccc3)c2)C(C)(C)C)C(=O)O)cc1. The topological polar surface area (TPSA) is 158 Å². The zero-order valence-electron chi connectivity index (χ0n) is 26.9. The lowest BCUT2D eigenvalue weighted by Crippen LogP contribution is -2.53. The van der Waals surface area contributed by atoms with Crippen LogP contribution in [0.2, 0.25) is 0 Å². The van der Waals surface area contributed by atoms with E-state index in [1.165, 1.54) is 11.0 Å². The molecular formula is C35H40N2O10. The minimum atomic E-state index is -1.27. The molecule has 0 saturated heterocycles. The lowest BCUT2D eigenvalue weighted by molar-refractivity contribution is -0.147. The van der Waals surface area contributed by atoms with E-state index in [1.807, 2.05) is 30.3 Å². The van der Waals surface area contributed by atoms with Crippen molar-refractivity contribution in [3.8, 4) is 11.5 Å². The molecule has 0 saturated carbocycles. The van der Waals surface area contributed by atoms with Gasteiger partial charge in [0.2, 0.25) is 5.91 Å². The molecule has 1 unspecified atom stereocenters. The fourth-order valence-electron chi connectivity index (χ4n) is 4.30. The summed E-state index contributed by atoms with van der Waals surface area (Å²) < 4.78 is 21.0. The summed E-state index contributed by atoms with van der Waals surface area (Å²) >= 11 is 0. The van der Waals surface area contributed by atoms with E-state index in [4.69, 9.17) is 18.9 Å². The Labute approximate surface area is 273 Å². The number of esters is 2. The standard InChI is InChI=1S/C35H40N2O10/c1-5-44-31(39)22-45-27-16-14-24(15-17-27)18-29(34(42)43)36-30(38)20-37(35(2,3)4)33(41)26-12-9-13-28(19-26)46-23-32(40)47-21-25-10-7-6-8-11-25/h6-17,19,29H,5,18,20-23H2,1-4H3,(H,36,38)(H,42,43). The molecule has 0 fully saturated rings. The zero-order chi connectivity index (χ0) is 34.4. The van der Waals surface area contributed by atoms with Gasteiger partial charge in [0.05, 0.1) is 6.61 Å². The average Bonchev–Trinajstić information content (AvgIpc) is 3.04. The Hall–Kier alpha value is -5.39. The third kappa shape index (κ3) is 12.1. The van der Waals surface area contributed by atoms with Crippen LogP contribution in [0.4, 0.5) is 0 Å². The zero-order valence-corrected chi connectivity index (χ0v) is 26.9. The van der Waals surface area contributed by atoms with Crippen molar-refractivity contribution in [3.05, 3.63) is 95.6 Å². The molecule has 2 N–H and O–H groups in total. The third-order valence-electron chi connectivity index (χ3n) is 6.70. The highest BCUT2D eigenvalue weighted by atomic mass is 16.6. The second kappa shape index (κ2) is 17.3. The molecule has 3 aromatic carbocycles. The van der Waals surface area contributed by atoms with Crippen LogP contribution in [0.3, 0.4) is 0 Å². The van der Waals surface area contributed by atoms with Crippen LogP contribution in [0.15, 0.2) is 78.9 Å². The first-order chi connectivity index (χ1) is 22.3. The van der Waals surface area contributed by atoms with Crippen LogP contribution < -0.4 is 14.8 Å². The molecule has 47 heavy (non-hydrogen) atoms. The molecular weight excluding hydrogens is 608 g/mol. The first-order valence-corrected chi connectivity index (χ1v) is 15.0. The summed E-state index contributed by atoms with van der Waals surface area (Å²) in [7, 11) is 0. The van der Waals surface area contributed by atoms with Gasteiger partial charge >= 0.3 is 17.9 Å². The van der Waals surface area contributed by atoms with Crippen molar-refractivity contribution in [2.45, 2.75) is 52.3 Å². The van der Waals surface area contributed by atoms with E-state index in [-0.39, 0.29) is 44.2 Å². The number of carbonyl (C=O) groups is 5. The first-order valence-electron chi connectivity index (χ1n) is 15.0. The average molecular weight is 649 g/mol. The Bertz CT molecular complexity index is 1520. The Morgan fingerprint density at radius 2 is 1.43 bits per heavy atom. The van der Waals surface area contributed by atoms with E-state index in [0.29, 0.717) is 11.3 Å². The van der Waals surface area contributed by atoms with Gasteiger partial charge in [0.15, 0.2) is 13.2 Å². The number of hydrogen-bond acceptors (Lipinski definition) is 9. The maximum absolute atomic E-state index is 13.6. The summed E-state index contributed by atoms with van der Waals surface area (Å²) in [6.07, 6.45) is -0.0319. The van der Waals surface area contributed by atoms with Gasteiger partial charge in [-0.25, -0.2) is 14.4 Å². The molecule has 0 radical (unpaired) electrons. The second-order valence-electron chi connectivity index (χ2n) is 11.4. The number of hydrogen-bond donors (Lipinski definition) is 2. The Morgan fingerprint density at radius 1 is 0.787 bits per heavy atom. The van der Waals surface area contributed by atoms with Crippen LogP contribution in [0.1, 0.15) is 49.2 Å². The molecule has 0 aromatic heterocycles. The molecule has 0 heterocycles. The number of amides is 2. The van der Waals surface area contributed by atoms with Crippen molar-refractivity contribution in [1.29, 1.82) is 0 Å². The van der Waals surface area contributed by atoms with Crippen molar-refractivity contribution >= 4 is 29.7 Å². The predicted octanol–water partition coefficient (Wildman–Crippen LogP) is 3.80. The number of ether oxygens (including phenoxy) is 4. The molecule has 12 nitrogen and oxygen atoms in total. The quantitative estimate of drug-likeness (QED) is 0.219. The van der Waals surface area contributed by atoms with E-state index >= 15 is 0 Å². The number of nitrogens with zero attached hydrogens (tertiary/aromatic N) is 1. The minimum absolute atomic E-state index is 0.0319. The summed E-state index contributed by atoms with van der Waals surface area (Å²) in [5.74, 6) is -2.83. The van der Waals surface area contributed by atoms with Gasteiger partial charge < -0.3 is 34.3 Å². The molecule has 3 aromatic rings. The van der Waals surface area contributed by atoms with Gasteiger partial charge in [0, 0.05) is 17.5 Å². The number of rotatable bonds is 16. The minimum Gasteiger partial charge on any atom is -0.482 e. The van der Waals surface area contributed by atoms with Crippen molar-refractivity contribution < 1.29 is 48.0 Å². The van der Waals surface area contributed by atoms with Gasteiger partial charge in [-0.05, 0) is 69.2 Å². The highest BCUT2D eigenvalue weighted by Gasteiger charge is 2.31. The Kier molecular flexibility index (Phi) is 13.3. The van der Waals surface area contributed by atoms with Gasteiger partial charge in [-0.2, -0.15) is 0 Å². The van der Waals surface area contributed by atoms with Crippen LogP contribution in [0, 0.1) is 0 Å². The Morgan fingerprint density at radius 3 is 2.04 bits per heavy atom. The van der Waals surface area contributed by atoms with E-state index in [9.17, 15) is 29.1 Å². The van der Waals surface area contributed by atoms with Crippen molar-refractivity contribution in [3.63, 3.8) is 0 Å². The van der Waals surface area contributed by atoms with Gasteiger partial charge in [0.25, 0.3) is 5.91 Å². The van der Waals surface area contributed by atoms with E-state index in [1.54, 1.807) is 70.2 Å². The molecule has 250 valence electrons. The van der Waals surface area contributed by atoms with Crippen molar-refractivity contribution in [2.75, 3.05) is 26.4 Å². The molecule has 1 atom stereocenters. The molecule has 2 amide bonds. The maximum atomic E-state index is 13.6. The van der Waals surface area contributed by atoms with E-state index in [0.717, 1.165) is 5.56 Å². The van der Waals surface area contributed by atoms with E-state index < -0.39 is 47.8 Å². The second-order valence-corrected chi connectivity index (χ2v) is 11.4. The van der Waals surface area contributed by atoms with Crippen molar-refractivity contribution in [1.82, 2.24) is 10.2 Å². The lowest BCUT2D eigenvalue weighted by Gasteiger charge is -2.35. The number of carboxylic acid groups (broad SMARTS) is 1. The van der Waals surface area contributed by atoms with Gasteiger partial charge in [-0.15, -0.1) is 0 Å². The first kappa shape index (κ1) is 36.1. The van der Waals surface area contributed by atoms with Crippen LogP contribution in [-0.4, -0.2) is 77.7 Å². The molecule has 12 heteroatoms. The molecule has 0 bridgehead atoms. The number of carbonyl (C=O) groups excluding carboxylic acids is 4. The number of nitrogens with one attached hydrogen (secondary N) is 1. The molecule has 0 spiro atoms. The molecule has 0 aliphatic heterocycles. The smallest absolute Gasteiger partial charge is 0.344 e. The van der Waals surface area contributed by atoms with Gasteiger partial charge in [-0.1, -0.05) is 48.5 Å². The monoisotopic (exact) mass is 648 g/mol. The summed E-state index contributed by atoms with van der Waals surface area (Å²) in [5, 5.41) is 12.3. The van der Waals surface area contributed by atoms with Gasteiger partial charge in [0.1, 0.15) is 30.7 Å². The fraction of sp³-hybridized carbons (Fsp3) is 0.343. The molecule has 0 aliphatic rings. The molecule has 0 aliphatic carbocycles. The molecule has 3 rings (SSSR count). The van der Waals surface area contributed by atoms with Crippen LogP contribution >= 0.6 is 0 Å². The predicted molar refractivity (Wildman–Crippen MR) is 171 cm³/mol. The number of aliphatic carboxylic acids is 1. The maximum Gasteiger partial charge on any atom is 0.344 e. The number of carboxylic acids is 1. The summed E-state index contributed by atoms with van der Waals surface area (Å²) in [6.45, 7) is 6.25. The largest absolute Gasteiger partial charge is 0.482 e. The van der Waals surface area contributed by atoms with Crippen LogP contribution in [0.25, 0.3) is 0 Å². The fourth-order valence-corrected chi connectivity index (χ4v) is 4.30. The highest BCUT2D eigenvalue weighted by Crippen LogP contribution is 2.21. The van der Waals surface area contributed by atoms with Gasteiger partial charge in [-0.3, -0.25) is 9.59 Å². The summed E-state index contributed by atoms with van der Waals surface area (Å²) in [4.78, 5) is 63.7. The number of benzene rings is 3. The van der Waals surface area contributed by atoms with Crippen LogP contribution in [-0.2, 0) is 41.7 Å². The lowest BCUT2D eigenvalue weighted by atomic mass is 10.0. The summed E-state index contributed by atoms with van der Waals surface area (Å²) in [6, 6.07) is 20.6. The van der Waals surface area contributed by atoms with Crippen LogP contribution in [0.5, 0.6) is 11.5 Å². The Balaban J connectivity index is 1.59.